The Labute approximate surface area is 101 Å². The van der Waals surface area contributed by atoms with Gasteiger partial charge in [-0.2, -0.15) is 0 Å². The summed E-state index contributed by atoms with van der Waals surface area (Å²) in [7, 11) is 0. The van der Waals surface area contributed by atoms with Crippen molar-refractivity contribution in [2.24, 2.45) is 17.8 Å². The van der Waals surface area contributed by atoms with Crippen molar-refractivity contribution in [2.45, 2.75) is 32.4 Å². The Morgan fingerprint density at radius 2 is 2.06 bits per heavy atom. The van der Waals surface area contributed by atoms with E-state index in [1.807, 2.05) is 17.3 Å². The summed E-state index contributed by atoms with van der Waals surface area (Å²) in [6.45, 7) is 2.46. The molecule has 2 aliphatic carbocycles. The number of carbonyl (C=O) groups excluding carboxylic acids is 1. The first-order chi connectivity index (χ1) is 8.31. The number of rotatable bonds is 1. The van der Waals surface area contributed by atoms with Gasteiger partial charge in [-0.15, -0.1) is 0 Å². The minimum absolute atomic E-state index is 0.320. The molecule has 2 saturated carbocycles. The van der Waals surface area contributed by atoms with Gasteiger partial charge in [-0.3, -0.25) is 4.79 Å². The first-order valence-corrected chi connectivity index (χ1v) is 6.60. The highest BCUT2D eigenvalue weighted by atomic mass is 16.2. The average Bonchev–Trinajstić information content (AvgIpc) is 2.82. The van der Waals surface area contributed by atoms with Crippen LogP contribution >= 0.6 is 0 Å². The fraction of sp³-hybridized carbons (Fsp3) is 0.692. The fourth-order valence-corrected chi connectivity index (χ4v) is 3.54. The highest BCUT2D eigenvalue weighted by Crippen LogP contribution is 2.54. The van der Waals surface area contributed by atoms with Gasteiger partial charge >= 0.3 is 0 Å². The SMILES string of the molecule is O=C(C1CC2CC2C1)N1CCn2ccnc2C1. The lowest BCUT2D eigenvalue weighted by atomic mass is 10.0. The third-order valence-corrected chi connectivity index (χ3v) is 4.65. The third-order valence-electron chi connectivity index (χ3n) is 4.65. The quantitative estimate of drug-likeness (QED) is 0.730. The van der Waals surface area contributed by atoms with Gasteiger partial charge in [0.1, 0.15) is 5.82 Å². The predicted octanol–water partition coefficient (Wildman–Crippen LogP) is 1.27. The van der Waals surface area contributed by atoms with Crippen LogP contribution in [-0.4, -0.2) is 26.9 Å². The summed E-state index contributed by atoms with van der Waals surface area (Å²) in [4.78, 5) is 18.7. The zero-order chi connectivity index (χ0) is 11.4. The van der Waals surface area contributed by atoms with E-state index in [9.17, 15) is 4.79 Å². The largest absolute Gasteiger partial charge is 0.333 e. The molecule has 4 heteroatoms. The molecule has 1 aromatic rings. The maximum Gasteiger partial charge on any atom is 0.226 e. The van der Waals surface area contributed by atoms with Gasteiger partial charge in [0.25, 0.3) is 0 Å². The second-order valence-corrected chi connectivity index (χ2v) is 5.72. The van der Waals surface area contributed by atoms with Crippen LogP contribution in [0.3, 0.4) is 0 Å². The summed E-state index contributed by atoms with van der Waals surface area (Å²) < 4.78 is 2.15. The fourth-order valence-electron chi connectivity index (χ4n) is 3.54. The number of amides is 1. The number of fused-ring (bicyclic) bond motifs is 2. The summed E-state index contributed by atoms with van der Waals surface area (Å²) >= 11 is 0. The molecule has 2 unspecified atom stereocenters. The van der Waals surface area contributed by atoms with Crippen LogP contribution in [-0.2, 0) is 17.9 Å². The van der Waals surface area contributed by atoms with E-state index in [-0.39, 0.29) is 0 Å². The van der Waals surface area contributed by atoms with Crippen LogP contribution in [0.1, 0.15) is 25.1 Å². The molecule has 0 aromatic carbocycles. The zero-order valence-electron chi connectivity index (χ0n) is 9.88. The normalized spacial score (nSPS) is 34.4. The molecule has 0 spiro atoms. The molecule has 0 N–H and O–H groups in total. The number of hydrogen-bond acceptors (Lipinski definition) is 2. The minimum Gasteiger partial charge on any atom is -0.333 e. The first kappa shape index (κ1) is 9.68. The number of nitrogens with zero attached hydrogens (tertiary/aromatic N) is 3. The van der Waals surface area contributed by atoms with Crippen LogP contribution in [0.4, 0.5) is 0 Å². The molecule has 90 valence electrons. The van der Waals surface area contributed by atoms with Crippen molar-refractivity contribution >= 4 is 5.91 Å². The molecule has 4 nitrogen and oxygen atoms in total. The van der Waals surface area contributed by atoms with Crippen molar-refractivity contribution in [3.63, 3.8) is 0 Å². The summed E-state index contributed by atoms with van der Waals surface area (Å²) in [6, 6.07) is 0. The van der Waals surface area contributed by atoms with Gasteiger partial charge in [0.05, 0.1) is 6.54 Å². The van der Waals surface area contributed by atoms with Crippen LogP contribution < -0.4 is 0 Å². The van der Waals surface area contributed by atoms with E-state index in [2.05, 4.69) is 9.55 Å². The highest BCUT2D eigenvalue weighted by Gasteiger charge is 2.48. The molecule has 17 heavy (non-hydrogen) atoms. The predicted molar refractivity (Wildman–Crippen MR) is 62.0 cm³/mol. The van der Waals surface area contributed by atoms with Crippen molar-refractivity contribution in [1.29, 1.82) is 0 Å². The van der Waals surface area contributed by atoms with Gasteiger partial charge < -0.3 is 9.47 Å². The minimum atomic E-state index is 0.320. The molecule has 3 aliphatic rings. The van der Waals surface area contributed by atoms with E-state index in [1.165, 1.54) is 6.42 Å². The van der Waals surface area contributed by atoms with Gasteiger partial charge in [-0.05, 0) is 31.1 Å². The summed E-state index contributed by atoms with van der Waals surface area (Å²) in [5, 5.41) is 0. The molecular formula is C13H17N3O. The molecule has 2 heterocycles. The number of aromatic nitrogens is 2. The second-order valence-electron chi connectivity index (χ2n) is 5.72. The van der Waals surface area contributed by atoms with Crippen molar-refractivity contribution in [3.05, 3.63) is 18.2 Å². The van der Waals surface area contributed by atoms with Crippen LogP contribution in [0, 0.1) is 17.8 Å². The monoisotopic (exact) mass is 231 g/mol. The van der Waals surface area contributed by atoms with E-state index in [1.54, 1.807) is 0 Å². The van der Waals surface area contributed by atoms with Gasteiger partial charge in [-0.25, -0.2) is 4.98 Å². The van der Waals surface area contributed by atoms with E-state index in [0.29, 0.717) is 18.4 Å². The second kappa shape index (κ2) is 3.34. The van der Waals surface area contributed by atoms with E-state index < -0.39 is 0 Å². The standard InChI is InChI=1S/C13H17N3O/c17-13(11-6-9-5-10(9)7-11)16-4-3-15-2-1-14-12(15)8-16/h1-2,9-11H,3-8H2. The molecule has 1 amide bonds. The van der Waals surface area contributed by atoms with Gasteiger partial charge in [0.15, 0.2) is 0 Å². The van der Waals surface area contributed by atoms with Crippen molar-refractivity contribution in [1.82, 2.24) is 14.5 Å². The topological polar surface area (TPSA) is 38.1 Å². The van der Waals surface area contributed by atoms with Crippen molar-refractivity contribution in [3.8, 4) is 0 Å². The summed E-state index contributed by atoms with van der Waals surface area (Å²) in [5.74, 6) is 3.51. The van der Waals surface area contributed by atoms with E-state index in [4.69, 9.17) is 0 Å². The molecule has 0 saturated heterocycles. The Balaban J connectivity index is 1.47. The Hall–Kier alpha value is -1.32. The van der Waals surface area contributed by atoms with Gasteiger partial charge in [-0.1, -0.05) is 0 Å². The van der Waals surface area contributed by atoms with Gasteiger partial charge in [0.2, 0.25) is 5.91 Å². The van der Waals surface area contributed by atoms with Crippen LogP contribution in [0.5, 0.6) is 0 Å². The Morgan fingerprint density at radius 1 is 1.24 bits per heavy atom. The zero-order valence-corrected chi connectivity index (χ0v) is 9.88. The van der Waals surface area contributed by atoms with Gasteiger partial charge in [0, 0.05) is 31.4 Å². The smallest absolute Gasteiger partial charge is 0.226 e. The van der Waals surface area contributed by atoms with Crippen LogP contribution in [0.2, 0.25) is 0 Å². The number of carbonyl (C=O) groups is 1. The van der Waals surface area contributed by atoms with Crippen molar-refractivity contribution in [2.75, 3.05) is 6.54 Å². The Morgan fingerprint density at radius 3 is 2.88 bits per heavy atom. The summed E-state index contributed by atoms with van der Waals surface area (Å²) in [5.41, 5.74) is 0. The maximum atomic E-state index is 12.4. The molecule has 1 aromatic heterocycles. The highest BCUT2D eigenvalue weighted by molar-refractivity contribution is 5.79. The average molecular weight is 231 g/mol. The molecule has 4 rings (SSSR count). The maximum absolute atomic E-state index is 12.4. The van der Waals surface area contributed by atoms with E-state index in [0.717, 1.165) is 43.6 Å². The lowest BCUT2D eigenvalue weighted by molar-refractivity contribution is -0.137. The van der Waals surface area contributed by atoms with Crippen LogP contribution in [0.15, 0.2) is 12.4 Å². The molecule has 2 fully saturated rings. The molecule has 0 bridgehead atoms. The van der Waals surface area contributed by atoms with E-state index >= 15 is 0 Å². The Bertz CT molecular complexity index is 457. The lowest BCUT2D eigenvalue weighted by Crippen LogP contribution is -2.41. The molecule has 0 radical (unpaired) electrons. The molecule has 1 aliphatic heterocycles. The lowest BCUT2D eigenvalue weighted by Gasteiger charge is -2.30. The third kappa shape index (κ3) is 1.50. The van der Waals surface area contributed by atoms with Crippen LogP contribution in [0.25, 0.3) is 0 Å². The number of imidazole rings is 1. The first-order valence-electron chi connectivity index (χ1n) is 6.60. The summed E-state index contributed by atoms with van der Waals surface area (Å²) in [6.07, 6.45) is 7.51. The molecular weight excluding hydrogens is 214 g/mol. The number of hydrogen-bond donors (Lipinski definition) is 0. The molecule has 2 atom stereocenters. The van der Waals surface area contributed by atoms with Crippen molar-refractivity contribution < 1.29 is 4.79 Å². The Kier molecular flexibility index (Phi) is 1.90.